The number of carbonyl (C=O) groups excluding carboxylic acids is 2. The molecule has 0 aromatic rings. The first-order chi connectivity index (χ1) is 8.13. The predicted octanol–water partition coefficient (Wildman–Crippen LogP) is 0.134. The van der Waals surface area contributed by atoms with Gasteiger partial charge in [0.15, 0.2) is 0 Å². The number of nitrogens with zero attached hydrogens (tertiary/aromatic N) is 1. The third-order valence-corrected chi connectivity index (χ3v) is 3.12. The van der Waals surface area contributed by atoms with Crippen LogP contribution < -0.4 is 5.32 Å². The second kappa shape index (κ2) is 7.27. The van der Waals surface area contributed by atoms with Gasteiger partial charge in [0, 0.05) is 39.6 Å². The molecule has 1 fully saturated rings. The SMILES string of the molecule is CC(=O)NCCC(=O)N1CCCC(CCO)C1. The first-order valence-corrected chi connectivity index (χ1v) is 6.26. The van der Waals surface area contributed by atoms with E-state index in [0.717, 1.165) is 32.4 Å². The maximum Gasteiger partial charge on any atom is 0.224 e. The third-order valence-electron chi connectivity index (χ3n) is 3.12. The van der Waals surface area contributed by atoms with Crippen molar-refractivity contribution in [1.29, 1.82) is 0 Å². The van der Waals surface area contributed by atoms with Crippen LogP contribution in [0.2, 0.25) is 0 Å². The number of hydrogen-bond donors (Lipinski definition) is 2. The number of aliphatic hydroxyl groups excluding tert-OH is 1. The zero-order chi connectivity index (χ0) is 12.7. The highest BCUT2D eigenvalue weighted by molar-refractivity contribution is 5.78. The smallest absolute Gasteiger partial charge is 0.224 e. The van der Waals surface area contributed by atoms with E-state index >= 15 is 0 Å². The maximum absolute atomic E-state index is 11.8. The molecule has 1 heterocycles. The monoisotopic (exact) mass is 242 g/mol. The van der Waals surface area contributed by atoms with Crippen molar-refractivity contribution in [2.24, 2.45) is 5.92 Å². The highest BCUT2D eigenvalue weighted by Crippen LogP contribution is 2.19. The van der Waals surface area contributed by atoms with Crippen LogP contribution in [0, 0.1) is 5.92 Å². The molecule has 1 atom stereocenters. The summed E-state index contributed by atoms with van der Waals surface area (Å²) in [7, 11) is 0. The number of likely N-dealkylation sites (tertiary alicyclic amines) is 1. The van der Waals surface area contributed by atoms with Gasteiger partial charge in [0.05, 0.1) is 0 Å². The normalized spacial score (nSPS) is 20.1. The summed E-state index contributed by atoms with van der Waals surface area (Å²) in [5.74, 6) is 0.425. The molecular formula is C12H22N2O3. The average Bonchev–Trinajstić information content (AvgIpc) is 2.29. The van der Waals surface area contributed by atoms with Crippen molar-refractivity contribution >= 4 is 11.8 Å². The second-order valence-electron chi connectivity index (χ2n) is 4.59. The third kappa shape index (κ3) is 5.17. The number of hydrogen-bond acceptors (Lipinski definition) is 3. The number of rotatable bonds is 5. The molecule has 0 bridgehead atoms. The lowest BCUT2D eigenvalue weighted by Crippen LogP contribution is -2.41. The molecular weight excluding hydrogens is 220 g/mol. The lowest BCUT2D eigenvalue weighted by Gasteiger charge is -2.32. The van der Waals surface area contributed by atoms with Crippen molar-refractivity contribution in [3.63, 3.8) is 0 Å². The Hall–Kier alpha value is -1.10. The highest BCUT2D eigenvalue weighted by atomic mass is 16.3. The summed E-state index contributed by atoms with van der Waals surface area (Å²) < 4.78 is 0. The molecule has 0 spiro atoms. The van der Waals surface area contributed by atoms with Crippen molar-refractivity contribution in [1.82, 2.24) is 10.2 Å². The van der Waals surface area contributed by atoms with Gasteiger partial charge in [-0.25, -0.2) is 0 Å². The van der Waals surface area contributed by atoms with E-state index in [0.29, 0.717) is 18.9 Å². The molecule has 1 unspecified atom stereocenters. The van der Waals surface area contributed by atoms with E-state index in [1.54, 1.807) is 0 Å². The second-order valence-corrected chi connectivity index (χ2v) is 4.59. The van der Waals surface area contributed by atoms with E-state index < -0.39 is 0 Å². The molecule has 1 saturated heterocycles. The number of aliphatic hydroxyl groups is 1. The van der Waals surface area contributed by atoms with Gasteiger partial charge in [-0.05, 0) is 25.2 Å². The summed E-state index contributed by atoms with van der Waals surface area (Å²) in [6.07, 6.45) is 3.24. The Balaban J connectivity index is 2.28. The zero-order valence-electron chi connectivity index (χ0n) is 10.4. The average molecular weight is 242 g/mol. The van der Waals surface area contributed by atoms with Crippen molar-refractivity contribution in [3.05, 3.63) is 0 Å². The molecule has 17 heavy (non-hydrogen) atoms. The van der Waals surface area contributed by atoms with Gasteiger partial charge in [0.2, 0.25) is 11.8 Å². The van der Waals surface area contributed by atoms with Crippen LogP contribution in [-0.4, -0.2) is 48.1 Å². The molecule has 0 aromatic carbocycles. The molecule has 5 heteroatoms. The fourth-order valence-corrected chi connectivity index (χ4v) is 2.21. The van der Waals surface area contributed by atoms with Crippen LogP contribution in [-0.2, 0) is 9.59 Å². The van der Waals surface area contributed by atoms with Gasteiger partial charge in [-0.1, -0.05) is 0 Å². The predicted molar refractivity (Wildman–Crippen MR) is 64.3 cm³/mol. The van der Waals surface area contributed by atoms with Gasteiger partial charge >= 0.3 is 0 Å². The lowest BCUT2D eigenvalue weighted by molar-refractivity contribution is -0.133. The minimum Gasteiger partial charge on any atom is -0.396 e. The molecule has 0 aromatic heterocycles. The Morgan fingerprint density at radius 1 is 1.47 bits per heavy atom. The summed E-state index contributed by atoms with van der Waals surface area (Å²) >= 11 is 0. The molecule has 0 saturated carbocycles. The fourth-order valence-electron chi connectivity index (χ4n) is 2.21. The Morgan fingerprint density at radius 2 is 2.24 bits per heavy atom. The standard InChI is InChI=1S/C12H22N2O3/c1-10(16)13-6-4-12(17)14-7-2-3-11(9-14)5-8-15/h11,15H,2-9H2,1H3,(H,13,16). The van der Waals surface area contributed by atoms with Crippen LogP contribution in [0.4, 0.5) is 0 Å². The molecule has 1 aliphatic rings. The molecule has 1 rings (SSSR count). The number of piperidine rings is 1. The van der Waals surface area contributed by atoms with Crippen molar-refractivity contribution in [2.75, 3.05) is 26.2 Å². The Kier molecular flexibility index (Phi) is 5.97. The number of carbonyl (C=O) groups is 2. The molecule has 0 aliphatic carbocycles. The Labute approximate surface area is 102 Å². The van der Waals surface area contributed by atoms with Gasteiger partial charge in [0.1, 0.15) is 0 Å². The Morgan fingerprint density at radius 3 is 2.88 bits per heavy atom. The van der Waals surface area contributed by atoms with Gasteiger partial charge in [-0.3, -0.25) is 9.59 Å². The van der Waals surface area contributed by atoms with Crippen LogP contribution in [0.5, 0.6) is 0 Å². The van der Waals surface area contributed by atoms with Crippen LogP contribution in [0.15, 0.2) is 0 Å². The highest BCUT2D eigenvalue weighted by Gasteiger charge is 2.22. The van der Waals surface area contributed by atoms with Crippen LogP contribution in [0.1, 0.15) is 32.6 Å². The molecule has 0 radical (unpaired) electrons. The summed E-state index contributed by atoms with van der Waals surface area (Å²) in [5, 5.41) is 11.5. The van der Waals surface area contributed by atoms with E-state index in [2.05, 4.69) is 5.32 Å². The Bertz CT molecular complexity index is 266. The van der Waals surface area contributed by atoms with Crippen LogP contribution >= 0.6 is 0 Å². The van der Waals surface area contributed by atoms with E-state index in [9.17, 15) is 9.59 Å². The molecule has 2 amide bonds. The quantitative estimate of drug-likeness (QED) is 0.720. The summed E-state index contributed by atoms with van der Waals surface area (Å²) in [6.45, 7) is 3.61. The topological polar surface area (TPSA) is 69.6 Å². The van der Waals surface area contributed by atoms with Crippen LogP contribution in [0.25, 0.3) is 0 Å². The summed E-state index contributed by atoms with van der Waals surface area (Å²) in [5.41, 5.74) is 0. The van der Waals surface area contributed by atoms with Gasteiger partial charge < -0.3 is 15.3 Å². The molecule has 5 nitrogen and oxygen atoms in total. The first-order valence-electron chi connectivity index (χ1n) is 6.26. The van der Waals surface area contributed by atoms with Crippen molar-refractivity contribution < 1.29 is 14.7 Å². The lowest BCUT2D eigenvalue weighted by atomic mass is 9.95. The van der Waals surface area contributed by atoms with E-state index in [1.807, 2.05) is 4.90 Å². The fraction of sp³-hybridized carbons (Fsp3) is 0.833. The molecule has 98 valence electrons. The molecule has 2 N–H and O–H groups in total. The largest absolute Gasteiger partial charge is 0.396 e. The maximum atomic E-state index is 11.8. The van der Waals surface area contributed by atoms with Crippen LogP contribution in [0.3, 0.4) is 0 Å². The van der Waals surface area contributed by atoms with Gasteiger partial charge in [-0.2, -0.15) is 0 Å². The van der Waals surface area contributed by atoms with E-state index in [4.69, 9.17) is 5.11 Å². The van der Waals surface area contributed by atoms with Gasteiger partial charge in [-0.15, -0.1) is 0 Å². The first kappa shape index (κ1) is 14.0. The minimum atomic E-state index is -0.102. The van der Waals surface area contributed by atoms with Crippen molar-refractivity contribution in [2.45, 2.75) is 32.6 Å². The van der Waals surface area contributed by atoms with Crippen molar-refractivity contribution in [3.8, 4) is 0 Å². The van der Waals surface area contributed by atoms with E-state index in [1.165, 1.54) is 6.92 Å². The molecule has 1 aliphatic heterocycles. The summed E-state index contributed by atoms with van der Waals surface area (Å²) in [6, 6.07) is 0. The summed E-state index contributed by atoms with van der Waals surface area (Å²) in [4.78, 5) is 24.4. The minimum absolute atomic E-state index is 0.0985. The number of nitrogens with one attached hydrogen (secondary N) is 1. The zero-order valence-corrected chi connectivity index (χ0v) is 10.4. The van der Waals surface area contributed by atoms with E-state index in [-0.39, 0.29) is 18.4 Å². The van der Waals surface area contributed by atoms with Gasteiger partial charge in [0.25, 0.3) is 0 Å². The number of amides is 2.